The molecule has 1 atom stereocenters. The molecule has 0 unspecified atom stereocenters. The van der Waals surface area contributed by atoms with Crippen LogP contribution in [0.25, 0.3) is 21.8 Å². The summed E-state index contributed by atoms with van der Waals surface area (Å²) in [6.45, 7) is 6.32. The van der Waals surface area contributed by atoms with Gasteiger partial charge in [0, 0.05) is 24.4 Å². The fourth-order valence-electron chi connectivity index (χ4n) is 4.06. The molecule has 7 nitrogen and oxygen atoms in total. The molecule has 2 aromatic heterocycles. The summed E-state index contributed by atoms with van der Waals surface area (Å²) in [5.41, 5.74) is 2.11. The molecule has 4 aromatic rings. The highest BCUT2D eigenvalue weighted by Crippen LogP contribution is 2.30. The molecular formula is C25H28N4O3. The highest BCUT2D eigenvalue weighted by atomic mass is 16.5. The molecule has 0 saturated heterocycles. The molecule has 32 heavy (non-hydrogen) atoms. The highest BCUT2D eigenvalue weighted by Gasteiger charge is 2.25. The van der Waals surface area contributed by atoms with Crippen molar-refractivity contribution < 1.29 is 9.53 Å². The lowest BCUT2D eigenvalue weighted by Gasteiger charge is -2.19. The Morgan fingerprint density at radius 2 is 1.81 bits per heavy atom. The van der Waals surface area contributed by atoms with Crippen LogP contribution in [0.3, 0.4) is 0 Å². The third-order valence-electron chi connectivity index (χ3n) is 5.57. The fourth-order valence-corrected chi connectivity index (χ4v) is 4.06. The van der Waals surface area contributed by atoms with E-state index in [1.54, 1.807) is 13.2 Å². The van der Waals surface area contributed by atoms with E-state index in [0.717, 1.165) is 27.6 Å². The first kappa shape index (κ1) is 21.6. The van der Waals surface area contributed by atoms with Crippen molar-refractivity contribution in [3.05, 3.63) is 70.6 Å². The Hall–Kier alpha value is -3.61. The second-order valence-electron chi connectivity index (χ2n) is 8.18. The van der Waals surface area contributed by atoms with E-state index in [-0.39, 0.29) is 17.6 Å². The standard InChI is InChI=1S/C25H28N4O3/c1-5-21(24(30)26-14-17-10-12-18(13-11-17)32-16(2)3)29-22-9-7-6-8-19(22)20-15-27-28(4)25(31)23(20)29/h6-13,15-16,21H,5,14H2,1-4H3,(H,26,30)/t21-/m1/s1. The van der Waals surface area contributed by atoms with Crippen LogP contribution in [0.2, 0.25) is 0 Å². The maximum Gasteiger partial charge on any atom is 0.291 e. The lowest BCUT2D eigenvalue weighted by atomic mass is 10.1. The Balaban J connectivity index is 1.65. The average molecular weight is 433 g/mol. The first-order valence-electron chi connectivity index (χ1n) is 10.9. The summed E-state index contributed by atoms with van der Waals surface area (Å²) >= 11 is 0. The van der Waals surface area contributed by atoms with Gasteiger partial charge in [-0.1, -0.05) is 37.3 Å². The van der Waals surface area contributed by atoms with Gasteiger partial charge in [-0.2, -0.15) is 5.10 Å². The summed E-state index contributed by atoms with van der Waals surface area (Å²) in [5.74, 6) is 0.674. The van der Waals surface area contributed by atoms with Gasteiger partial charge in [0.15, 0.2) is 0 Å². The number of aryl methyl sites for hydroxylation is 1. The van der Waals surface area contributed by atoms with Crippen molar-refractivity contribution in [1.82, 2.24) is 19.7 Å². The number of aromatic nitrogens is 3. The minimum Gasteiger partial charge on any atom is -0.491 e. The van der Waals surface area contributed by atoms with Gasteiger partial charge in [0.25, 0.3) is 5.56 Å². The van der Waals surface area contributed by atoms with Crippen LogP contribution in [0, 0.1) is 0 Å². The van der Waals surface area contributed by atoms with Crippen molar-refractivity contribution in [2.75, 3.05) is 0 Å². The lowest BCUT2D eigenvalue weighted by Crippen LogP contribution is -2.33. The lowest BCUT2D eigenvalue weighted by molar-refractivity contribution is -0.124. The molecule has 0 fully saturated rings. The van der Waals surface area contributed by atoms with E-state index in [9.17, 15) is 9.59 Å². The largest absolute Gasteiger partial charge is 0.491 e. The van der Waals surface area contributed by atoms with Crippen molar-refractivity contribution in [2.45, 2.75) is 45.9 Å². The number of carbonyl (C=O) groups excluding carboxylic acids is 1. The van der Waals surface area contributed by atoms with Gasteiger partial charge in [-0.3, -0.25) is 9.59 Å². The Bertz CT molecular complexity index is 1320. The van der Waals surface area contributed by atoms with Crippen molar-refractivity contribution in [1.29, 1.82) is 0 Å². The second-order valence-corrected chi connectivity index (χ2v) is 8.18. The van der Waals surface area contributed by atoms with Crippen LogP contribution in [-0.4, -0.2) is 26.4 Å². The van der Waals surface area contributed by atoms with E-state index in [2.05, 4.69) is 10.4 Å². The summed E-state index contributed by atoms with van der Waals surface area (Å²) in [6.07, 6.45) is 2.35. The van der Waals surface area contributed by atoms with Crippen molar-refractivity contribution in [3.63, 3.8) is 0 Å². The maximum atomic E-state index is 13.3. The maximum absolute atomic E-state index is 13.3. The van der Waals surface area contributed by atoms with E-state index in [4.69, 9.17) is 4.74 Å². The summed E-state index contributed by atoms with van der Waals surface area (Å²) in [6, 6.07) is 14.9. The molecule has 2 heterocycles. The smallest absolute Gasteiger partial charge is 0.291 e. The SMILES string of the molecule is CC[C@H](C(=O)NCc1ccc(OC(C)C)cc1)n1c2ccccc2c2cnn(C)c(=O)c21. The Morgan fingerprint density at radius 3 is 2.50 bits per heavy atom. The van der Waals surface area contributed by atoms with Gasteiger partial charge in [-0.05, 0) is 44.0 Å². The first-order chi connectivity index (χ1) is 15.4. The summed E-state index contributed by atoms with van der Waals surface area (Å²) < 4.78 is 8.85. The van der Waals surface area contributed by atoms with Crippen molar-refractivity contribution in [2.24, 2.45) is 7.05 Å². The van der Waals surface area contributed by atoms with Crippen LogP contribution >= 0.6 is 0 Å². The molecule has 0 aliphatic carbocycles. The molecule has 7 heteroatoms. The molecule has 0 saturated carbocycles. The predicted octanol–water partition coefficient (Wildman–Crippen LogP) is 3.94. The molecule has 1 amide bonds. The second kappa shape index (κ2) is 8.86. The zero-order valence-corrected chi connectivity index (χ0v) is 18.8. The molecular weight excluding hydrogens is 404 g/mol. The van der Waals surface area contributed by atoms with E-state index in [1.165, 1.54) is 4.68 Å². The van der Waals surface area contributed by atoms with Gasteiger partial charge < -0.3 is 14.6 Å². The van der Waals surface area contributed by atoms with Crippen LogP contribution in [-0.2, 0) is 18.4 Å². The van der Waals surface area contributed by atoms with Gasteiger partial charge in [0.05, 0.1) is 17.8 Å². The molecule has 4 rings (SSSR count). The number of benzene rings is 2. The molecule has 0 spiro atoms. The van der Waals surface area contributed by atoms with E-state index < -0.39 is 6.04 Å². The number of nitrogens with one attached hydrogen (secondary N) is 1. The molecule has 0 aliphatic heterocycles. The van der Waals surface area contributed by atoms with Gasteiger partial charge in [-0.15, -0.1) is 0 Å². The van der Waals surface area contributed by atoms with E-state index in [1.807, 2.05) is 73.9 Å². The predicted molar refractivity (Wildman–Crippen MR) is 126 cm³/mol. The normalized spacial score (nSPS) is 12.4. The number of rotatable bonds is 7. The third-order valence-corrected chi connectivity index (χ3v) is 5.57. The minimum absolute atomic E-state index is 0.111. The molecule has 0 bridgehead atoms. The Labute approximate surface area is 186 Å². The zero-order chi connectivity index (χ0) is 22.8. The number of ether oxygens (including phenoxy) is 1. The molecule has 166 valence electrons. The number of hydrogen-bond donors (Lipinski definition) is 1. The molecule has 0 aliphatic rings. The van der Waals surface area contributed by atoms with Crippen LogP contribution in [0.5, 0.6) is 5.75 Å². The van der Waals surface area contributed by atoms with Gasteiger partial charge in [-0.25, -0.2) is 4.68 Å². The monoisotopic (exact) mass is 432 g/mol. The van der Waals surface area contributed by atoms with Crippen LogP contribution in [0.4, 0.5) is 0 Å². The summed E-state index contributed by atoms with van der Waals surface area (Å²) in [4.78, 5) is 26.2. The van der Waals surface area contributed by atoms with Crippen molar-refractivity contribution >= 4 is 27.7 Å². The third kappa shape index (κ3) is 3.98. The summed E-state index contributed by atoms with van der Waals surface area (Å²) in [7, 11) is 1.62. The molecule has 0 radical (unpaired) electrons. The molecule has 1 N–H and O–H groups in total. The van der Waals surface area contributed by atoms with Gasteiger partial charge >= 0.3 is 0 Å². The number of hydrogen-bond acceptors (Lipinski definition) is 4. The highest BCUT2D eigenvalue weighted by molar-refractivity contribution is 6.08. The zero-order valence-electron chi connectivity index (χ0n) is 18.8. The Morgan fingerprint density at radius 1 is 1.09 bits per heavy atom. The molecule has 2 aromatic carbocycles. The topological polar surface area (TPSA) is 78.2 Å². The number of carbonyl (C=O) groups is 1. The van der Waals surface area contributed by atoms with Gasteiger partial charge in [0.1, 0.15) is 17.3 Å². The minimum atomic E-state index is -0.518. The number of para-hydroxylation sites is 1. The van der Waals surface area contributed by atoms with Crippen LogP contribution in [0.15, 0.2) is 59.5 Å². The fraction of sp³-hybridized carbons (Fsp3) is 0.320. The Kier molecular flexibility index (Phi) is 5.99. The first-order valence-corrected chi connectivity index (χ1v) is 10.9. The number of amides is 1. The summed E-state index contributed by atoms with van der Waals surface area (Å²) in [5, 5.41) is 8.89. The van der Waals surface area contributed by atoms with Crippen LogP contribution < -0.4 is 15.6 Å². The number of fused-ring (bicyclic) bond motifs is 3. The van der Waals surface area contributed by atoms with E-state index >= 15 is 0 Å². The van der Waals surface area contributed by atoms with Gasteiger partial charge in [0.2, 0.25) is 5.91 Å². The van der Waals surface area contributed by atoms with E-state index in [0.29, 0.717) is 18.5 Å². The van der Waals surface area contributed by atoms with Crippen LogP contribution in [0.1, 0.15) is 38.8 Å². The van der Waals surface area contributed by atoms with Crippen molar-refractivity contribution in [3.8, 4) is 5.75 Å². The number of nitrogens with zero attached hydrogens (tertiary/aromatic N) is 3. The average Bonchev–Trinajstić information content (AvgIpc) is 3.11. The quantitative estimate of drug-likeness (QED) is 0.480.